The summed E-state index contributed by atoms with van der Waals surface area (Å²) < 4.78 is 72.9. The number of hydrogen-bond acceptors (Lipinski definition) is 6. The van der Waals surface area contributed by atoms with Crippen molar-refractivity contribution in [3.8, 4) is 0 Å². The minimum Gasteiger partial charge on any atom is -0.345 e. The maximum Gasteiger partial charge on any atom is 0.299 e. The van der Waals surface area contributed by atoms with Gasteiger partial charge in [-0.15, -0.1) is 5.10 Å². The zero-order valence-corrected chi connectivity index (χ0v) is 12.8. The van der Waals surface area contributed by atoms with Crippen LogP contribution in [0.4, 0.5) is 18.9 Å². The molecule has 12 heteroatoms. The number of benzene rings is 1. The van der Waals surface area contributed by atoms with Gasteiger partial charge in [-0.25, -0.2) is 13.2 Å². The lowest BCUT2D eigenvalue weighted by molar-refractivity contribution is 0.0118. The third-order valence-corrected chi connectivity index (χ3v) is 4.19. The summed E-state index contributed by atoms with van der Waals surface area (Å²) in [5.41, 5.74) is -0.886. The molecule has 1 aliphatic heterocycles. The molecule has 0 aliphatic carbocycles. The molecule has 1 aromatic carbocycles. The van der Waals surface area contributed by atoms with Crippen molar-refractivity contribution in [3.63, 3.8) is 0 Å². The van der Waals surface area contributed by atoms with Crippen LogP contribution in [-0.4, -0.2) is 30.3 Å². The highest BCUT2D eigenvalue weighted by atomic mass is 32.2. The highest BCUT2D eigenvalue weighted by Crippen LogP contribution is 2.25. The molecule has 2 aromatic rings. The van der Waals surface area contributed by atoms with Crippen molar-refractivity contribution in [1.29, 1.82) is 0 Å². The van der Waals surface area contributed by atoms with Gasteiger partial charge in [-0.2, -0.15) is 18.1 Å². The largest absolute Gasteiger partial charge is 0.345 e. The summed E-state index contributed by atoms with van der Waals surface area (Å²) >= 11 is 0. The number of anilines is 1. The zero-order valence-electron chi connectivity index (χ0n) is 12.0. The topological polar surface area (TPSA) is 98.1 Å². The minimum atomic E-state index is -4.56. The molecule has 8 nitrogen and oxygen atoms in total. The molecule has 24 heavy (non-hydrogen) atoms. The van der Waals surface area contributed by atoms with Crippen molar-refractivity contribution in [2.45, 2.75) is 11.5 Å². The number of para-hydroxylation sites is 1. The molecule has 0 fully saturated rings. The number of ether oxygens (including phenoxy) is 1. The molecule has 1 aliphatic rings. The minimum absolute atomic E-state index is 0.407. The highest BCUT2D eigenvalue weighted by Gasteiger charge is 2.30. The summed E-state index contributed by atoms with van der Waals surface area (Å²) in [5.74, 6) is -3.53. The van der Waals surface area contributed by atoms with E-state index < -0.39 is 50.5 Å². The molecule has 0 bridgehead atoms. The fourth-order valence-electron chi connectivity index (χ4n) is 1.97. The number of methoxy groups -OCH3 is 1. The Labute approximate surface area is 134 Å². The van der Waals surface area contributed by atoms with Crippen molar-refractivity contribution >= 4 is 21.5 Å². The average molecular weight is 361 g/mol. The maximum atomic E-state index is 13.7. The molecule has 2 N–H and O–H groups in total. The molecule has 0 amide bonds. The van der Waals surface area contributed by atoms with Gasteiger partial charge in [-0.3, -0.25) is 4.72 Å². The Hall–Kier alpha value is -2.60. The van der Waals surface area contributed by atoms with E-state index in [0.717, 1.165) is 29.1 Å². The zero-order chi connectivity index (χ0) is 17.5. The van der Waals surface area contributed by atoms with Gasteiger partial charge in [-0.05, 0) is 12.1 Å². The van der Waals surface area contributed by atoms with Crippen LogP contribution in [0.1, 0.15) is 12.2 Å². The Morgan fingerprint density at radius 3 is 2.58 bits per heavy atom. The second-order valence-electron chi connectivity index (χ2n) is 4.61. The molecule has 0 spiro atoms. The van der Waals surface area contributed by atoms with Gasteiger partial charge in [0.2, 0.25) is 6.35 Å². The summed E-state index contributed by atoms with van der Waals surface area (Å²) in [5, 5.41) is 5.23. The van der Waals surface area contributed by atoms with Gasteiger partial charge >= 0.3 is 0 Å². The molecule has 128 valence electrons. The van der Waals surface area contributed by atoms with Crippen molar-refractivity contribution in [2.24, 2.45) is 0 Å². The number of rotatable bonds is 4. The lowest BCUT2D eigenvalue weighted by Crippen LogP contribution is -2.30. The third-order valence-electron chi connectivity index (χ3n) is 3.06. The second kappa shape index (κ2) is 5.79. The van der Waals surface area contributed by atoms with E-state index >= 15 is 0 Å². The number of sulfonamides is 1. The number of halogens is 3. The van der Waals surface area contributed by atoms with Gasteiger partial charge in [0, 0.05) is 13.3 Å². The number of nitrogens with zero attached hydrogens (tertiary/aromatic N) is 3. The van der Waals surface area contributed by atoms with Crippen LogP contribution >= 0.6 is 0 Å². The fourth-order valence-corrected chi connectivity index (χ4v) is 2.92. The molecular formula is C12H10F3N5O3S. The average Bonchev–Trinajstić information content (AvgIpc) is 2.99. The van der Waals surface area contributed by atoms with E-state index in [1.54, 1.807) is 4.72 Å². The van der Waals surface area contributed by atoms with Gasteiger partial charge in [0.05, 0.1) is 0 Å². The van der Waals surface area contributed by atoms with Crippen LogP contribution in [0.5, 0.6) is 0 Å². The van der Waals surface area contributed by atoms with E-state index in [9.17, 15) is 21.6 Å². The molecule has 0 saturated carbocycles. The van der Waals surface area contributed by atoms with Crippen molar-refractivity contribution < 1.29 is 26.3 Å². The van der Waals surface area contributed by atoms with E-state index in [-0.39, 0.29) is 0 Å². The number of aromatic nitrogens is 3. The highest BCUT2D eigenvalue weighted by molar-refractivity contribution is 7.92. The predicted molar refractivity (Wildman–Crippen MR) is 75.5 cm³/mol. The lowest BCUT2D eigenvalue weighted by atomic mass is 10.3. The first kappa shape index (κ1) is 16.3. The first-order chi connectivity index (χ1) is 11.3. The summed E-state index contributed by atoms with van der Waals surface area (Å²) in [6, 6.07) is 2.82. The van der Waals surface area contributed by atoms with Crippen LogP contribution in [0.2, 0.25) is 0 Å². The van der Waals surface area contributed by atoms with Crippen LogP contribution in [-0.2, 0) is 14.8 Å². The van der Waals surface area contributed by atoms with E-state index in [1.807, 2.05) is 0 Å². The molecule has 0 saturated heterocycles. The molecule has 2 heterocycles. The first-order valence-corrected chi connectivity index (χ1v) is 7.90. The van der Waals surface area contributed by atoms with Crippen LogP contribution in [0.25, 0.3) is 5.83 Å². The standard InChI is InChI=1S/C12H10F3N5O3S/c1-23-12-16-5-8(15)10-17-11(18-20(10)12)24(21,22)19-9-6(13)3-2-4-7(9)14/h2-5,12,16,19H,1H3. The normalized spacial score (nSPS) is 17.0. The Balaban J connectivity index is 2.01. The summed E-state index contributed by atoms with van der Waals surface area (Å²) in [7, 11) is -3.28. The first-order valence-electron chi connectivity index (χ1n) is 6.42. The maximum absolute atomic E-state index is 13.7. The monoisotopic (exact) mass is 361 g/mol. The summed E-state index contributed by atoms with van der Waals surface area (Å²) in [6.45, 7) is 0. The fraction of sp³-hybridized carbons (Fsp3) is 0.167. The van der Waals surface area contributed by atoms with Gasteiger partial charge < -0.3 is 10.1 Å². The quantitative estimate of drug-likeness (QED) is 0.853. The van der Waals surface area contributed by atoms with Crippen LogP contribution in [0.3, 0.4) is 0 Å². The Morgan fingerprint density at radius 1 is 1.29 bits per heavy atom. The Kier molecular flexibility index (Phi) is 3.93. The molecule has 1 unspecified atom stereocenters. The van der Waals surface area contributed by atoms with Crippen LogP contribution < -0.4 is 10.0 Å². The summed E-state index contributed by atoms with van der Waals surface area (Å²) in [6.07, 6.45) is -0.0559. The molecule has 0 radical (unpaired) electrons. The third kappa shape index (κ3) is 2.69. The smallest absolute Gasteiger partial charge is 0.299 e. The van der Waals surface area contributed by atoms with E-state index in [1.165, 1.54) is 7.11 Å². The van der Waals surface area contributed by atoms with Gasteiger partial charge in [0.15, 0.2) is 11.7 Å². The predicted octanol–water partition coefficient (Wildman–Crippen LogP) is 1.33. The van der Waals surface area contributed by atoms with E-state index in [0.29, 0.717) is 0 Å². The molecular weight excluding hydrogens is 351 g/mol. The lowest BCUT2D eigenvalue weighted by Gasteiger charge is -2.20. The van der Waals surface area contributed by atoms with E-state index in [2.05, 4.69) is 15.4 Å². The molecule has 1 aromatic heterocycles. The van der Waals surface area contributed by atoms with Crippen LogP contribution in [0, 0.1) is 11.6 Å². The SMILES string of the molecule is COC1NC=C(F)c2nc(S(=O)(=O)Nc3c(F)cccc3F)nn21. The number of nitrogens with one attached hydrogen (secondary N) is 2. The van der Waals surface area contributed by atoms with Gasteiger partial charge in [-0.1, -0.05) is 6.07 Å². The second-order valence-corrected chi connectivity index (χ2v) is 6.19. The number of hydrogen-bond donors (Lipinski definition) is 2. The summed E-state index contributed by atoms with van der Waals surface area (Å²) in [4.78, 5) is 3.55. The van der Waals surface area contributed by atoms with Crippen molar-refractivity contribution in [2.75, 3.05) is 11.8 Å². The van der Waals surface area contributed by atoms with Gasteiger partial charge in [0.1, 0.15) is 17.3 Å². The molecule has 1 atom stereocenters. The Morgan fingerprint density at radius 2 is 1.96 bits per heavy atom. The van der Waals surface area contributed by atoms with Crippen LogP contribution in [0.15, 0.2) is 29.6 Å². The van der Waals surface area contributed by atoms with Crippen molar-refractivity contribution in [3.05, 3.63) is 41.9 Å². The Bertz CT molecular complexity index is 908. The van der Waals surface area contributed by atoms with Gasteiger partial charge in [0.25, 0.3) is 15.2 Å². The number of fused-ring (bicyclic) bond motifs is 1. The van der Waals surface area contributed by atoms with E-state index in [4.69, 9.17) is 4.74 Å². The van der Waals surface area contributed by atoms with Crippen molar-refractivity contribution in [1.82, 2.24) is 20.1 Å². The molecule has 3 rings (SSSR count).